The number of benzene rings is 1. The van der Waals surface area contributed by atoms with Gasteiger partial charge in [-0.1, -0.05) is 18.2 Å². The molecule has 1 aromatic heterocycles. The molecule has 1 aromatic carbocycles. The zero-order valence-electron chi connectivity index (χ0n) is 17.5. The maximum Gasteiger partial charge on any atom is 0.316 e. The first-order valence-electron chi connectivity index (χ1n) is 9.79. The predicted molar refractivity (Wildman–Crippen MR) is 109 cm³/mol. The van der Waals surface area contributed by atoms with Gasteiger partial charge < -0.3 is 10.1 Å². The summed E-state index contributed by atoms with van der Waals surface area (Å²) in [7, 11) is 1.55. The summed E-state index contributed by atoms with van der Waals surface area (Å²) in [5.41, 5.74) is 1.73. The minimum absolute atomic E-state index is 0.0102. The van der Waals surface area contributed by atoms with Gasteiger partial charge in [0.25, 0.3) is 0 Å². The highest BCUT2D eigenvalue weighted by Gasteiger charge is 2.40. The number of ether oxygens (including phenoxy) is 1. The lowest BCUT2D eigenvalue weighted by Gasteiger charge is -2.49. The summed E-state index contributed by atoms with van der Waals surface area (Å²) in [6, 6.07) is 7.69. The van der Waals surface area contributed by atoms with Crippen LogP contribution in [0.3, 0.4) is 0 Å². The molecule has 0 aliphatic carbocycles. The van der Waals surface area contributed by atoms with E-state index in [2.05, 4.69) is 47.9 Å². The fourth-order valence-electron chi connectivity index (χ4n) is 4.45. The van der Waals surface area contributed by atoms with Crippen LogP contribution < -0.4 is 10.1 Å². The number of hydrogen-bond acceptors (Lipinski definition) is 5. The lowest BCUT2D eigenvalue weighted by atomic mass is 9.79. The van der Waals surface area contributed by atoms with Crippen LogP contribution >= 0.6 is 0 Å². The molecule has 1 aliphatic rings. The molecule has 0 saturated carbocycles. The van der Waals surface area contributed by atoms with Crippen molar-refractivity contribution in [1.29, 1.82) is 0 Å². The summed E-state index contributed by atoms with van der Waals surface area (Å²) >= 11 is 0. The van der Waals surface area contributed by atoms with Gasteiger partial charge in [-0.2, -0.15) is 0 Å². The molecule has 0 radical (unpaired) electrons. The molecule has 2 aromatic rings. The first kappa shape index (κ1) is 20.7. The first-order chi connectivity index (χ1) is 13.2. The number of halogens is 1. The molecule has 1 aliphatic heterocycles. The molecule has 0 bridgehead atoms. The van der Waals surface area contributed by atoms with E-state index in [4.69, 9.17) is 4.74 Å². The van der Waals surface area contributed by atoms with Crippen molar-refractivity contribution in [3.05, 3.63) is 53.6 Å². The molecule has 0 atom stereocenters. The van der Waals surface area contributed by atoms with Crippen LogP contribution in [-0.4, -0.2) is 39.1 Å². The monoisotopic (exact) mass is 386 g/mol. The van der Waals surface area contributed by atoms with Gasteiger partial charge in [0, 0.05) is 53.7 Å². The van der Waals surface area contributed by atoms with Crippen LogP contribution in [0.2, 0.25) is 0 Å². The Morgan fingerprint density at radius 3 is 2.25 bits per heavy atom. The van der Waals surface area contributed by atoms with Gasteiger partial charge in [-0.05, 0) is 46.6 Å². The zero-order valence-corrected chi connectivity index (χ0v) is 17.5. The number of rotatable bonds is 6. The summed E-state index contributed by atoms with van der Waals surface area (Å²) in [5.74, 6) is -0.161. The quantitative estimate of drug-likeness (QED) is 0.815. The normalized spacial score (nSPS) is 19.0. The van der Waals surface area contributed by atoms with Crippen LogP contribution in [0, 0.1) is 5.82 Å². The number of piperidine rings is 1. The second-order valence-electron chi connectivity index (χ2n) is 9.03. The van der Waals surface area contributed by atoms with Gasteiger partial charge in [0.1, 0.15) is 5.82 Å². The van der Waals surface area contributed by atoms with Crippen LogP contribution in [0.4, 0.5) is 4.39 Å². The molecule has 152 valence electrons. The number of aromatic nitrogens is 2. The van der Waals surface area contributed by atoms with Crippen molar-refractivity contribution >= 4 is 0 Å². The number of methoxy groups -OCH3 is 1. The van der Waals surface area contributed by atoms with E-state index in [9.17, 15) is 4.39 Å². The van der Waals surface area contributed by atoms with E-state index in [0.29, 0.717) is 30.7 Å². The van der Waals surface area contributed by atoms with Gasteiger partial charge in [0.2, 0.25) is 0 Å². The third kappa shape index (κ3) is 5.26. The van der Waals surface area contributed by atoms with Crippen molar-refractivity contribution in [3.63, 3.8) is 0 Å². The molecule has 1 fully saturated rings. The minimum atomic E-state index is -0.161. The Labute approximate surface area is 167 Å². The summed E-state index contributed by atoms with van der Waals surface area (Å²) in [4.78, 5) is 10.8. The Bertz CT molecular complexity index is 775. The van der Waals surface area contributed by atoms with E-state index in [1.165, 1.54) is 6.07 Å². The molecule has 1 N–H and O–H groups in total. The van der Waals surface area contributed by atoms with E-state index in [1.54, 1.807) is 25.6 Å². The zero-order chi connectivity index (χ0) is 20.4. The highest BCUT2D eigenvalue weighted by atomic mass is 19.1. The molecule has 0 spiro atoms. The third-order valence-electron chi connectivity index (χ3n) is 5.27. The van der Waals surface area contributed by atoms with Crippen LogP contribution in [0.15, 0.2) is 36.7 Å². The highest BCUT2D eigenvalue weighted by Crippen LogP contribution is 2.33. The Kier molecular flexibility index (Phi) is 6.01. The minimum Gasteiger partial charge on any atom is -0.467 e. The fraction of sp³-hybridized carbons (Fsp3) is 0.545. The highest BCUT2D eigenvalue weighted by molar-refractivity contribution is 5.18. The van der Waals surface area contributed by atoms with Gasteiger partial charge in [-0.25, -0.2) is 14.4 Å². The average molecular weight is 387 g/mol. The maximum absolute atomic E-state index is 14.4. The van der Waals surface area contributed by atoms with Gasteiger partial charge >= 0.3 is 6.01 Å². The molecular formula is C22H31FN4O. The average Bonchev–Trinajstić information content (AvgIpc) is 2.61. The fourth-order valence-corrected chi connectivity index (χ4v) is 4.45. The topological polar surface area (TPSA) is 50.3 Å². The summed E-state index contributed by atoms with van der Waals surface area (Å²) in [5, 5.41) is 3.73. The largest absolute Gasteiger partial charge is 0.467 e. The molecule has 28 heavy (non-hydrogen) atoms. The summed E-state index contributed by atoms with van der Waals surface area (Å²) < 4.78 is 19.4. The van der Waals surface area contributed by atoms with Gasteiger partial charge in [-0.15, -0.1) is 0 Å². The molecule has 5 nitrogen and oxygen atoms in total. The van der Waals surface area contributed by atoms with Gasteiger partial charge in [-0.3, -0.25) is 4.90 Å². The van der Waals surface area contributed by atoms with E-state index < -0.39 is 0 Å². The van der Waals surface area contributed by atoms with Crippen molar-refractivity contribution in [2.45, 2.75) is 70.7 Å². The van der Waals surface area contributed by atoms with Crippen LogP contribution in [0.25, 0.3) is 0 Å². The third-order valence-corrected chi connectivity index (χ3v) is 5.27. The Balaban J connectivity index is 1.87. The summed E-state index contributed by atoms with van der Waals surface area (Å²) in [6.07, 6.45) is 5.55. The Hall–Kier alpha value is -2.05. The predicted octanol–water partition coefficient (Wildman–Crippen LogP) is 3.94. The molecule has 3 rings (SSSR count). The Morgan fingerprint density at radius 1 is 1.07 bits per heavy atom. The van der Waals surface area contributed by atoms with E-state index in [0.717, 1.165) is 18.4 Å². The summed E-state index contributed by atoms with van der Waals surface area (Å²) in [6.45, 7) is 10.2. The number of hydrogen-bond donors (Lipinski definition) is 1. The van der Waals surface area contributed by atoms with E-state index >= 15 is 0 Å². The first-order valence-corrected chi connectivity index (χ1v) is 9.79. The maximum atomic E-state index is 14.4. The number of nitrogens with zero attached hydrogens (tertiary/aromatic N) is 3. The van der Waals surface area contributed by atoms with Crippen molar-refractivity contribution in [2.24, 2.45) is 0 Å². The number of nitrogens with one attached hydrogen (secondary N) is 1. The standard InChI is InChI=1S/C22H31FN4O/c1-21(2)10-18(11-22(3,4)26-21)27(15-17-8-6-7-9-19(17)23)14-16-12-24-20(28-5)25-13-16/h6-9,12-13,18,26H,10-11,14-15H2,1-5H3. The molecule has 2 heterocycles. The van der Waals surface area contributed by atoms with Crippen molar-refractivity contribution in [1.82, 2.24) is 20.2 Å². The van der Waals surface area contributed by atoms with E-state index in [1.807, 2.05) is 12.1 Å². The molecule has 6 heteroatoms. The molecular weight excluding hydrogens is 355 g/mol. The molecule has 0 amide bonds. The lowest BCUT2D eigenvalue weighted by Crippen LogP contribution is -2.62. The Morgan fingerprint density at radius 2 is 1.68 bits per heavy atom. The van der Waals surface area contributed by atoms with Crippen molar-refractivity contribution in [3.8, 4) is 6.01 Å². The van der Waals surface area contributed by atoms with E-state index in [-0.39, 0.29) is 16.9 Å². The van der Waals surface area contributed by atoms with Gasteiger partial charge in [0.05, 0.1) is 7.11 Å². The second-order valence-corrected chi connectivity index (χ2v) is 9.03. The van der Waals surface area contributed by atoms with Crippen LogP contribution in [0.1, 0.15) is 51.7 Å². The van der Waals surface area contributed by atoms with Crippen LogP contribution in [-0.2, 0) is 13.1 Å². The SMILES string of the molecule is COc1ncc(CN(Cc2ccccc2F)C2CC(C)(C)NC(C)(C)C2)cn1. The smallest absolute Gasteiger partial charge is 0.316 e. The molecule has 0 unspecified atom stereocenters. The van der Waals surface area contributed by atoms with Crippen molar-refractivity contribution < 1.29 is 9.13 Å². The molecule has 1 saturated heterocycles. The van der Waals surface area contributed by atoms with Crippen molar-refractivity contribution in [2.75, 3.05) is 7.11 Å². The van der Waals surface area contributed by atoms with Crippen LogP contribution in [0.5, 0.6) is 6.01 Å². The lowest BCUT2D eigenvalue weighted by molar-refractivity contribution is 0.0556. The van der Waals surface area contributed by atoms with Gasteiger partial charge in [0.15, 0.2) is 0 Å². The second kappa shape index (κ2) is 8.13.